The number of imide groups is 1. The van der Waals surface area contributed by atoms with Gasteiger partial charge in [0.25, 0.3) is 11.8 Å². The Labute approximate surface area is 418 Å². The normalized spacial score (nSPS) is 13.8. The molecule has 2 aromatic carbocycles. The predicted molar refractivity (Wildman–Crippen MR) is 265 cm³/mol. The number of urea groups is 2. The smallest absolute Gasteiger partial charge is 0.312 e. The zero-order chi connectivity index (χ0) is 53.3. The van der Waals surface area contributed by atoms with Crippen LogP contribution in [-0.4, -0.2) is 143 Å². The van der Waals surface area contributed by atoms with E-state index in [1.54, 1.807) is 81.1 Å². The Bertz CT molecular complexity index is 2070. The van der Waals surface area contributed by atoms with Crippen LogP contribution in [0.25, 0.3) is 0 Å². The summed E-state index contributed by atoms with van der Waals surface area (Å²) in [5.74, 6) is -5.56. The summed E-state index contributed by atoms with van der Waals surface area (Å²) in [6.45, 7) is 6.63. The van der Waals surface area contributed by atoms with Crippen molar-refractivity contribution in [2.75, 3.05) is 49.9 Å². The van der Waals surface area contributed by atoms with Gasteiger partial charge in [0.05, 0.1) is 13.2 Å². The molecule has 12 amide bonds. The van der Waals surface area contributed by atoms with Crippen molar-refractivity contribution in [1.29, 1.82) is 0 Å². The number of nitrogens with one attached hydrogen (secondary N) is 8. The molecule has 1 aliphatic heterocycles. The maximum Gasteiger partial charge on any atom is 0.312 e. The van der Waals surface area contributed by atoms with Gasteiger partial charge in [-0.2, -0.15) is 0 Å². The number of primary amides is 2. The highest BCUT2D eigenvalue weighted by Gasteiger charge is 2.31. The van der Waals surface area contributed by atoms with Crippen LogP contribution in [0.1, 0.15) is 77.3 Å². The minimum Gasteiger partial charge on any atom is -0.392 e. The van der Waals surface area contributed by atoms with Gasteiger partial charge in [0, 0.05) is 75.6 Å². The van der Waals surface area contributed by atoms with Crippen molar-refractivity contribution in [3.05, 3.63) is 71.8 Å². The topological polar surface area (TPSA) is 366 Å². The largest absolute Gasteiger partial charge is 0.392 e. The average Bonchev–Trinajstić information content (AvgIpc) is 3.66. The predicted octanol–water partition coefficient (Wildman–Crippen LogP) is -0.596. The van der Waals surface area contributed by atoms with E-state index in [4.69, 9.17) is 11.5 Å². The molecule has 0 saturated heterocycles. The van der Waals surface area contributed by atoms with Gasteiger partial charge in [0.1, 0.15) is 24.2 Å². The lowest BCUT2D eigenvalue weighted by Gasteiger charge is -2.27. The Morgan fingerprint density at radius 3 is 1.26 bits per heavy atom. The third kappa shape index (κ3) is 20.9. The van der Waals surface area contributed by atoms with E-state index in [1.807, 2.05) is 0 Å². The first-order chi connectivity index (χ1) is 34.2. The van der Waals surface area contributed by atoms with Crippen LogP contribution < -0.4 is 54.0 Å². The molecule has 24 heteroatoms. The van der Waals surface area contributed by atoms with E-state index >= 15 is 0 Å². The number of amides is 12. The fraction of sp³-hybridized carbons (Fsp3) is 0.500. The second-order valence-electron chi connectivity index (χ2n) is 17.8. The molecule has 72 heavy (non-hydrogen) atoms. The summed E-state index contributed by atoms with van der Waals surface area (Å²) in [4.78, 5) is 131. The van der Waals surface area contributed by atoms with Crippen molar-refractivity contribution in [1.82, 2.24) is 41.7 Å². The van der Waals surface area contributed by atoms with Gasteiger partial charge in [-0.3, -0.25) is 43.3 Å². The molecular formula is C48H70N12O12. The van der Waals surface area contributed by atoms with Crippen molar-refractivity contribution < 1.29 is 58.2 Å². The number of nitrogens with zero attached hydrogens (tertiary/aromatic N) is 2. The third-order valence-electron chi connectivity index (χ3n) is 11.4. The highest BCUT2D eigenvalue weighted by Crippen LogP contribution is 2.15. The van der Waals surface area contributed by atoms with Crippen molar-refractivity contribution in [3.63, 3.8) is 0 Å². The number of hydrogen-bond donors (Lipinski definition) is 12. The van der Waals surface area contributed by atoms with E-state index in [9.17, 15) is 58.2 Å². The fourth-order valence-electron chi connectivity index (χ4n) is 7.25. The molecule has 2 aromatic rings. The van der Waals surface area contributed by atoms with Crippen molar-refractivity contribution in [2.24, 2.45) is 23.3 Å². The van der Waals surface area contributed by atoms with E-state index in [0.29, 0.717) is 22.5 Å². The molecular weight excluding hydrogens is 937 g/mol. The van der Waals surface area contributed by atoms with Crippen molar-refractivity contribution >= 4 is 70.7 Å². The van der Waals surface area contributed by atoms with Crippen LogP contribution in [0.15, 0.2) is 60.7 Å². The Balaban J connectivity index is 1.70. The second-order valence-corrected chi connectivity index (χ2v) is 17.8. The summed E-state index contributed by atoms with van der Waals surface area (Å²) in [7, 11) is 0. The van der Waals surface area contributed by atoms with Gasteiger partial charge in [0.2, 0.25) is 35.4 Å². The summed E-state index contributed by atoms with van der Waals surface area (Å²) in [5.41, 5.74) is 12.4. The molecule has 0 aliphatic carbocycles. The van der Waals surface area contributed by atoms with E-state index in [-0.39, 0.29) is 91.0 Å². The number of benzene rings is 2. The standard InChI is InChI=1S/C48H70N12O12/c1-29(2)41(45(69)55-35(7-5-21-51-47(49)71)43(67)53-33-13-9-31(27-61)10-14-33)57-37(63)19-23-59(25-26-60-39(65)17-18-40(60)66)24-20-38(64)58-42(30(3)4)46(70)56-36(8-6-22-52-48(50)72)44(68)54-34-15-11-32(28-62)12-16-34/h9-18,29-30,35-36,41-42,61-62H,5-8,19-28H2,1-4H3,(H,53,67)(H,54,68)(H,55,69)(H,56,70)(H,57,63)(H,58,64)(H3,49,51,71)(H3,50,52,72)/t35-,36-,41-,42-/m0/s1. The van der Waals surface area contributed by atoms with Crippen LogP contribution in [0.4, 0.5) is 21.0 Å². The summed E-state index contributed by atoms with van der Waals surface area (Å²) in [6, 6.07) is 6.89. The number of aliphatic hydroxyl groups is 2. The monoisotopic (exact) mass is 1010 g/mol. The van der Waals surface area contributed by atoms with Crippen LogP contribution in [0.3, 0.4) is 0 Å². The van der Waals surface area contributed by atoms with E-state index in [0.717, 1.165) is 17.1 Å². The number of carbonyl (C=O) groups excluding carboxylic acids is 10. The molecule has 14 N–H and O–H groups in total. The molecule has 1 heterocycles. The van der Waals surface area contributed by atoms with Gasteiger partial charge in [-0.25, -0.2) is 9.59 Å². The highest BCUT2D eigenvalue weighted by molar-refractivity contribution is 6.12. The van der Waals surface area contributed by atoms with Crippen LogP contribution in [0, 0.1) is 11.8 Å². The van der Waals surface area contributed by atoms with Crippen molar-refractivity contribution in [3.8, 4) is 0 Å². The first-order valence-electron chi connectivity index (χ1n) is 23.7. The van der Waals surface area contributed by atoms with Crippen molar-refractivity contribution in [2.45, 2.75) is 104 Å². The first-order valence-corrected chi connectivity index (χ1v) is 23.7. The Hall–Kier alpha value is -7.44. The molecule has 0 aromatic heterocycles. The quantitative estimate of drug-likeness (QED) is 0.0332. The second kappa shape index (κ2) is 30.3. The van der Waals surface area contributed by atoms with Gasteiger partial charge in [-0.15, -0.1) is 0 Å². The van der Waals surface area contributed by atoms with Crippen LogP contribution in [-0.2, 0) is 51.6 Å². The van der Waals surface area contributed by atoms with E-state index in [2.05, 4.69) is 42.5 Å². The molecule has 24 nitrogen and oxygen atoms in total. The minimum atomic E-state index is -1.11. The molecule has 4 atom stereocenters. The lowest BCUT2D eigenvalue weighted by Crippen LogP contribution is -2.55. The molecule has 3 rings (SSSR count). The van der Waals surface area contributed by atoms with Crippen LogP contribution in [0.2, 0.25) is 0 Å². The summed E-state index contributed by atoms with van der Waals surface area (Å²) in [6.07, 6.45) is 2.55. The summed E-state index contributed by atoms with van der Waals surface area (Å²) < 4.78 is 0. The molecule has 0 unspecified atom stereocenters. The maximum absolute atomic E-state index is 13.8. The SMILES string of the molecule is CC(C)[C@H](NC(=O)CCN(CCC(=O)N[C@H](C(=O)N[C@@H](CCCNC(N)=O)C(=O)Nc1ccc(CO)cc1)C(C)C)CCN1C(=O)C=CC1=O)C(=O)N[C@@H](CCCNC(N)=O)C(=O)Nc1ccc(CO)cc1. The van der Waals surface area contributed by atoms with Gasteiger partial charge < -0.3 is 69.1 Å². The summed E-state index contributed by atoms with van der Waals surface area (Å²) in [5, 5.41) is 40.0. The fourth-order valence-corrected chi connectivity index (χ4v) is 7.25. The van der Waals surface area contributed by atoms with Gasteiger partial charge >= 0.3 is 12.1 Å². The van der Waals surface area contributed by atoms with E-state index < -0.39 is 95.3 Å². The van der Waals surface area contributed by atoms with Gasteiger partial charge in [-0.1, -0.05) is 52.0 Å². The van der Waals surface area contributed by atoms with Gasteiger partial charge in [-0.05, 0) is 72.9 Å². The molecule has 1 aliphatic rings. The zero-order valence-electron chi connectivity index (χ0n) is 41.2. The number of hydrogen-bond acceptors (Lipinski definition) is 13. The lowest BCUT2D eigenvalue weighted by molar-refractivity contribution is -0.137. The minimum absolute atomic E-state index is 0.000383. The molecule has 0 saturated carbocycles. The van der Waals surface area contributed by atoms with Gasteiger partial charge in [0.15, 0.2) is 0 Å². The van der Waals surface area contributed by atoms with E-state index in [1.165, 1.54) is 0 Å². The molecule has 0 fully saturated rings. The molecule has 0 radical (unpaired) electrons. The number of aliphatic hydroxyl groups excluding tert-OH is 2. The number of nitrogens with two attached hydrogens (primary N) is 2. The van der Waals surface area contributed by atoms with Crippen LogP contribution >= 0.6 is 0 Å². The maximum atomic E-state index is 13.8. The Kier molecular flexibility index (Phi) is 24.8. The molecule has 0 bridgehead atoms. The Morgan fingerprint density at radius 2 is 0.931 bits per heavy atom. The lowest BCUT2D eigenvalue weighted by atomic mass is 10.0. The number of rotatable bonds is 31. The Morgan fingerprint density at radius 1 is 0.556 bits per heavy atom. The highest BCUT2D eigenvalue weighted by atomic mass is 16.3. The molecule has 394 valence electrons. The zero-order valence-corrected chi connectivity index (χ0v) is 41.2. The molecule has 0 spiro atoms. The average molecular weight is 1010 g/mol. The first kappa shape index (κ1) is 58.9. The van der Waals surface area contributed by atoms with Crippen LogP contribution in [0.5, 0.6) is 0 Å². The number of carbonyl (C=O) groups is 10. The summed E-state index contributed by atoms with van der Waals surface area (Å²) >= 11 is 0. The number of anilines is 2. The third-order valence-corrected chi connectivity index (χ3v) is 11.4.